The zero-order valence-corrected chi connectivity index (χ0v) is 9.29. The first-order chi connectivity index (χ1) is 6.54. The number of carbonyl (C=O) groups excluding carboxylic acids is 1. The highest BCUT2D eigenvalue weighted by atomic mass is 16.1. The zero-order valence-electron chi connectivity index (χ0n) is 9.29. The lowest BCUT2D eigenvalue weighted by Crippen LogP contribution is -2.47. The minimum absolute atomic E-state index is 0.215. The molecule has 3 N–H and O–H groups in total. The average molecular weight is 199 g/mol. The molecule has 0 saturated carbocycles. The Kier molecular flexibility index (Phi) is 3.89. The minimum atomic E-state index is -0.264. The predicted octanol–water partition coefficient (Wildman–Crippen LogP) is -0.352. The number of nitrogens with zero attached hydrogens (tertiary/aromatic N) is 1. The van der Waals surface area contributed by atoms with E-state index in [2.05, 4.69) is 24.1 Å². The van der Waals surface area contributed by atoms with Crippen molar-refractivity contribution in [2.24, 2.45) is 17.6 Å². The van der Waals surface area contributed by atoms with E-state index < -0.39 is 0 Å². The minimum Gasteiger partial charge on any atom is -0.368 e. The van der Waals surface area contributed by atoms with Crippen molar-refractivity contribution in [1.29, 1.82) is 0 Å². The molecule has 1 fully saturated rings. The molecule has 1 heterocycles. The van der Waals surface area contributed by atoms with Crippen LogP contribution in [0.1, 0.15) is 13.8 Å². The molecule has 0 spiro atoms. The summed E-state index contributed by atoms with van der Waals surface area (Å²) in [7, 11) is 1.78. The van der Waals surface area contributed by atoms with Gasteiger partial charge in [-0.25, -0.2) is 0 Å². The van der Waals surface area contributed by atoms with Crippen LogP contribution in [0.4, 0.5) is 0 Å². The number of likely N-dealkylation sites (N-methyl/N-ethyl adjacent to an activating group) is 1. The molecule has 1 aliphatic heterocycles. The van der Waals surface area contributed by atoms with Crippen molar-refractivity contribution in [3.63, 3.8) is 0 Å². The van der Waals surface area contributed by atoms with Crippen LogP contribution in [0.3, 0.4) is 0 Å². The summed E-state index contributed by atoms with van der Waals surface area (Å²) in [5, 5.41) is 2.94. The molecule has 14 heavy (non-hydrogen) atoms. The third-order valence-electron chi connectivity index (χ3n) is 3.20. The highest BCUT2D eigenvalue weighted by Gasteiger charge is 2.28. The van der Waals surface area contributed by atoms with Gasteiger partial charge in [0.25, 0.3) is 0 Å². The Morgan fingerprint density at radius 1 is 1.50 bits per heavy atom. The smallest absolute Gasteiger partial charge is 0.235 e. The van der Waals surface area contributed by atoms with Gasteiger partial charge in [-0.1, -0.05) is 13.8 Å². The molecule has 1 saturated heterocycles. The van der Waals surface area contributed by atoms with Crippen LogP contribution in [0.25, 0.3) is 0 Å². The summed E-state index contributed by atoms with van der Waals surface area (Å²) in [6, 6.07) is -0.215. The maximum Gasteiger partial charge on any atom is 0.235 e. The van der Waals surface area contributed by atoms with E-state index in [1.807, 2.05) is 0 Å². The molecular formula is C10H21N3O. The molecule has 0 bridgehead atoms. The quantitative estimate of drug-likeness (QED) is 0.650. The molecule has 1 amide bonds. The van der Waals surface area contributed by atoms with E-state index in [-0.39, 0.29) is 11.9 Å². The number of carbonyl (C=O) groups is 1. The molecule has 4 nitrogen and oxygen atoms in total. The molecule has 0 aliphatic carbocycles. The normalized spacial score (nSPS) is 30.5. The summed E-state index contributed by atoms with van der Waals surface area (Å²) in [4.78, 5) is 13.3. The largest absolute Gasteiger partial charge is 0.368 e. The number of amides is 1. The van der Waals surface area contributed by atoms with Crippen molar-refractivity contribution in [1.82, 2.24) is 10.2 Å². The van der Waals surface area contributed by atoms with Crippen molar-refractivity contribution in [2.75, 3.05) is 26.7 Å². The molecule has 3 atom stereocenters. The van der Waals surface area contributed by atoms with Crippen LogP contribution >= 0.6 is 0 Å². The maximum absolute atomic E-state index is 11.0. The number of rotatable bonds is 4. The number of nitrogens with two attached hydrogens (primary N) is 1. The summed E-state index contributed by atoms with van der Waals surface area (Å²) in [6.45, 7) is 7.40. The molecule has 0 aromatic rings. The second kappa shape index (κ2) is 4.75. The lowest BCUT2D eigenvalue weighted by molar-refractivity contribution is -0.120. The van der Waals surface area contributed by atoms with Crippen molar-refractivity contribution in [2.45, 2.75) is 19.9 Å². The van der Waals surface area contributed by atoms with Gasteiger partial charge in [0.2, 0.25) is 5.91 Å². The van der Waals surface area contributed by atoms with E-state index in [1.54, 1.807) is 7.05 Å². The fourth-order valence-corrected chi connectivity index (χ4v) is 1.98. The molecule has 4 heteroatoms. The second-order valence-corrected chi connectivity index (χ2v) is 4.42. The van der Waals surface area contributed by atoms with Gasteiger partial charge in [0.05, 0.1) is 6.04 Å². The average Bonchev–Trinajstić information content (AvgIpc) is 2.41. The number of hydrogen-bond acceptors (Lipinski definition) is 3. The highest BCUT2D eigenvalue weighted by molar-refractivity contribution is 5.80. The monoisotopic (exact) mass is 199 g/mol. The SMILES string of the molecule is CNC(CN1CC(C)C(C)C1)C(N)=O. The van der Waals surface area contributed by atoms with Gasteiger partial charge < -0.3 is 16.0 Å². The molecule has 82 valence electrons. The lowest BCUT2D eigenvalue weighted by atomic mass is 10.0. The van der Waals surface area contributed by atoms with Crippen LogP contribution in [0, 0.1) is 11.8 Å². The first kappa shape index (κ1) is 11.5. The summed E-state index contributed by atoms with van der Waals surface area (Å²) in [5.41, 5.74) is 5.27. The Morgan fingerprint density at radius 2 is 2.00 bits per heavy atom. The predicted molar refractivity (Wildman–Crippen MR) is 56.8 cm³/mol. The van der Waals surface area contributed by atoms with Gasteiger partial charge in [-0.05, 0) is 18.9 Å². The summed E-state index contributed by atoms with van der Waals surface area (Å²) >= 11 is 0. The van der Waals surface area contributed by atoms with Gasteiger partial charge in [0.15, 0.2) is 0 Å². The number of hydrogen-bond donors (Lipinski definition) is 2. The van der Waals surface area contributed by atoms with Crippen LogP contribution in [0.2, 0.25) is 0 Å². The van der Waals surface area contributed by atoms with Gasteiger partial charge >= 0.3 is 0 Å². The van der Waals surface area contributed by atoms with Gasteiger partial charge in [-0.15, -0.1) is 0 Å². The summed E-state index contributed by atoms with van der Waals surface area (Å²) in [5.74, 6) is 1.18. The molecule has 0 aromatic heterocycles. The van der Waals surface area contributed by atoms with Gasteiger partial charge in [-0.2, -0.15) is 0 Å². The van der Waals surface area contributed by atoms with E-state index >= 15 is 0 Å². The fraction of sp³-hybridized carbons (Fsp3) is 0.900. The molecular weight excluding hydrogens is 178 g/mol. The lowest BCUT2D eigenvalue weighted by Gasteiger charge is -2.20. The van der Waals surface area contributed by atoms with Crippen molar-refractivity contribution < 1.29 is 4.79 Å². The van der Waals surface area contributed by atoms with Crippen molar-refractivity contribution in [3.8, 4) is 0 Å². The first-order valence-electron chi connectivity index (χ1n) is 5.23. The number of likely N-dealkylation sites (tertiary alicyclic amines) is 1. The maximum atomic E-state index is 11.0. The Bertz CT molecular complexity index is 198. The molecule has 0 aromatic carbocycles. The van der Waals surface area contributed by atoms with E-state index in [9.17, 15) is 4.79 Å². The standard InChI is InChI=1S/C10H21N3O/c1-7-4-13(5-8(7)2)6-9(12-3)10(11)14/h7-9,12H,4-6H2,1-3H3,(H2,11,14). The van der Waals surface area contributed by atoms with Crippen LogP contribution < -0.4 is 11.1 Å². The third-order valence-corrected chi connectivity index (χ3v) is 3.20. The second-order valence-electron chi connectivity index (χ2n) is 4.42. The zero-order chi connectivity index (χ0) is 10.7. The number of nitrogens with one attached hydrogen (secondary N) is 1. The van der Waals surface area contributed by atoms with Crippen molar-refractivity contribution in [3.05, 3.63) is 0 Å². The van der Waals surface area contributed by atoms with Crippen LogP contribution in [0.5, 0.6) is 0 Å². The highest BCUT2D eigenvalue weighted by Crippen LogP contribution is 2.21. The Hall–Kier alpha value is -0.610. The van der Waals surface area contributed by atoms with E-state index in [4.69, 9.17) is 5.73 Å². The van der Waals surface area contributed by atoms with E-state index in [0.29, 0.717) is 0 Å². The molecule has 1 rings (SSSR count). The van der Waals surface area contributed by atoms with Crippen molar-refractivity contribution >= 4 is 5.91 Å². The Balaban J connectivity index is 2.41. The Morgan fingerprint density at radius 3 is 2.36 bits per heavy atom. The summed E-state index contributed by atoms with van der Waals surface area (Å²) < 4.78 is 0. The van der Waals surface area contributed by atoms with E-state index in [0.717, 1.165) is 31.5 Å². The number of primary amides is 1. The van der Waals surface area contributed by atoms with Gasteiger partial charge in [0, 0.05) is 19.6 Å². The molecule has 3 unspecified atom stereocenters. The first-order valence-corrected chi connectivity index (χ1v) is 5.23. The van der Waals surface area contributed by atoms with Crippen LogP contribution in [-0.4, -0.2) is 43.5 Å². The van der Waals surface area contributed by atoms with Gasteiger partial charge in [-0.3, -0.25) is 4.79 Å². The molecule has 0 radical (unpaired) electrons. The van der Waals surface area contributed by atoms with Crippen LogP contribution in [-0.2, 0) is 4.79 Å². The van der Waals surface area contributed by atoms with Gasteiger partial charge in [0.1, 0.15) is 0 Å². The molecule has 1 aliphatic rings. The third kappa shape index (κ3) is 2.69. The Labute approximate surface area is 85.8 Å². The topological polar surface area (TPSA) is 58.4 Å². The fourth-order valence-electron chi connectivity index (χ4n) is 1.98. The van der Waals surface area contributed by atoms with E-state index in [1.165, 1.54) is 0 Å². The summed E-state index contributed by atoms with van der Waals surface area (Å²) in [6.07, 6.45) is 0. The van der Waals surface area contributed by atoms with Crippen LogP contribution in [0.15, 0.2) is 0 Å².